The molecule has 0 atom stereocenters. The molecule has 0 aliphatic carbocycles. The van der Waals surface area contributed by atoms with E-state index < -0.39 is 0 Å². The first-order chi connectivity index (χ1) is 9.33. The molecule has 0 saturated carbocycles. The molecule has 0 bridgehead atoms. The van der Waals surface area contributed by atoms with Crippen LogP contribution in [0.3, 0.4) is 0 Å². The van der Waals surface area contributed by atoms with Crippen molar-refractivity contribution in [2.24, 2.45) is 0 Å². The third kappa shape index (κ3) is 2.40. The predicted octanol–water partition coefficient (Wildman–Crippen LogP) is 3.23. The predicted molar refractivity (Wildman–Crippen MR) is 67.9 cm³/mol. The molecule has 5 nitrogen and oxygen atoms in total. The molecule has 0 fully saturated rings. The maximum absolute atomic E-state index is 9.62. The molecule has 3 rings (SSSR count). The Balaban J connectivity index is 1.82. The Hall–Kier alpha value is -2.82. The van der Waals surface area contributed by atoms with Gasteiger partial charge >= 0.3 is 0 Å². The first-order valence-corrected chi connectivity index (χ1v) is 5.65. The summed E-state index contributed by atoms with van der Waals surface area (Å²) in [4.78, 5) is 0. The van der Waals surface area contributed by atoms with E-state index in [2.05, 4.69) is 10.2 Å². The average Bonchev–Trinajstić information content (AvgIpc) is 2.96. The van der Waals surface area contributed by atoms with Gasteiger partial charge in [-0.2, -0.15) is 0 Å². The van der Waals surface area contributed by atoms with Crippen LogP contribution in [0, 0.1) is 0 Å². The van der Waals surface area contributed by atoms with Crippen molar-refractivity contribution in [2.75, 3.05) is 0 Å². The van der Waals surface area contributed by atoms with Crippen LogP contribution in [-0.2, 0) is 0 Å². The van der Waals surface area contributed by atoms with Crippen LogP contribution in [0.25, 0.3) is 11.5 Å². The van der Waals surface area contributed by atoms with Crippen molar-refractivity contribution in [1.29, 1.82) is 0 Å². The second kappa shape index (κ2) is 4.81. The number of nitrogens with zero attached hydrogens (tertiary/aromatic N) is 2. The number of rotatable bonds is 3. The minimum atomic E-state index is 0.100. The van der Waals surface area contributed by atoms with Crippen LogP contribution < -0.4 is 4.74 Å². The molecule has 3 aromatic rings. The molecule has 0 saturated heterocycles. The summed E-state index contributed by atoms with van der Waals surface area (Å²) < 4.78 is 10.7. The maximum atomic E-state index is 9.62. The Morgan fingerprint density at radius 2 is 1.79 bits per heavy atom. The van der Waals surface area contributed by atoms with E-state index in [4.69, 9.17) is 9.15 Å². The molecule has 0 aliphatic heterocycles. The second-order valence-corrected chi connectivity index (χ2v) is 3.84. The van der Waals surface area contributed by atoms with E-state index in [1.807, 2.05) is 12.1 Å². The molecule has 2 aromatic carbocycles. The molecule has 94 valence electrons. The van der Waals surface area contributed by atoms with Gasteiger partial charge in [0.25, 0.3) is 0 Å². The van der Waals surface area contributed by atoms with Crippen molar-refractivity contribution in [2.45, 2.75) is 0 Å². The summed E-state index contributed by atoms with van der Waals surface area (Å²) >= 11 is 0. The number of aromatic nitrogens is 2. The highest BCUT2D eigenvalue weighted by atomic mass is 16.5. The number of hydrogen-bond donors (Lipinski definition) is 1. The molecule has 0 unspecified atom stereocenters. The minimum Gasteiger partial charge on any atom is -0.504 e. The number of hydrogen-bond acceptors (Lipinski definition) is 5. The minimum absolute atomic E-state index is 0.100. The van der Waals surface area contributed by atoms with Gasteiger partial charge in [0, 0.05) is 5.56 Å². The van der Waals surface area contributed by atoms with E-state index in [9.17, 15) is 5.11 Å². The first-order valence-electron chi connectivity index (χ1n) is 5.65. The smallest absolute Gasteiger partial charge is 0.247 e. The van der Waals surface area contributed by atoms with E-state index in [1.54, 1.807) is 36.4 Å². The Morgan fingerprint density at radius 1 is 1.00 bits per heavy atom. The van der Waals surface area contributed by atoms with Crippen molar-refractivity contribution < 1.29 is 14.3 Å². The van der Waals surface area contributed by atoms with Crippen molar-refractivity contribution in [3.05, 3.63) is 54.9 Å². The zero-order valence-electron chi connectivity index (χ0n) is 9.85. The van der Waals surface area contributed by atoms with Crippen LogP contribution in [0.4, 0.5) is 0 Å². The third-order valence-electron chi connectivity index (χ3n) is 2.55. The summed E-state index contributed by atoms with van der Waals surface area (Å²) in [6.07, 6.45) is 1.28. The van der Waals surface area contributed by atoms with E-state index in [0.29, 0.717) is 17.4 Å². The Bertz CT molecular complexity index is 663. The lowest BCUT2D eigenvalue weighted by Gasteiger charge is -2.07. The number of ether oxygens (including phenoxy) is 1. The highest BCUT2D eigenvalue weighted by molar-refractivity contribution is 5.54. The number of phenolic OH excluding ortho intramolecular Hbond substituents is 1. The van der Waals surface area contributed by atoms with Crippen LogP contribution in [0.15, 0.2) is 59.3 Å². The standard InChI is InChI=1S/C14H10N2O3/c17-12-3-1-2-4-13(12)19-11-7-5-10(6-8-11)14-16-15-9-18-14/h1-9,17H. The lowest BCUT2D eigenvalue weighted by Crippen LogP contribution is -1.85. The van der Waals surface area contributed by atoms with Crippen LogP contribution >= 0.6 is 0 Å². The van der Waals surface area contributed by atoms with Gasteiger partial charge in [0.1, 0.15) is 5.75 Å². The Labute approximate surface area is 109 Å². The second-order valence-electron chi connectivity index (χ2n) is 3.84. The summed E-state index contributed by atoms with van der Waals surface area (Å²) in [6.45, 7) is 0. The molecule has 0 radical (unpaired) electrons. The van der Waals surface area contributed by atoms with Crippen LogP contribution in [0.5, 0.6) is 17.2 Å². The first kappa shape index (κ1) is 11.3. The van der Waals surface area contributed by atoms with Gasteiger partial charge < -0.3 is 14.3 Å². The number of benzene rings is 2. The van der Waals surface area contributed by atoms with Gasteiger partial charge in [0.15, 0.2) is 11.5 Å². The van der Waals surface area contributed by atoms with Gasteiger partial charge in [-0.05, 0) is 36.4 Å². The molecule has 1 aromatic heterocycles. The molecule has 0 aliphatic rings. The van der Waals surface area contributed by atoms with Crippen LogP contribution in [0.1, 0.15) is 0 Å². The zero-order chi connectivity index (χ0) is 13.1. The van der Waals surface area contributed by atoms with Crippen molar-refractivity contribution >= 4 is 0 Å². The SMILES string of the molecule is Oc1ccccc1Oc1ccc(-c2nnco2)cc1. The normalized spacial score (nSPS) is 10.3. The van der Waals surface area contributed by atoms with Crippen molar-refractivity contribution in [3.8, 4) is 28.7 Å². The molecular weight excluding hydrogens is 244 g/mol. The fourth-order valence-corrected chi connectivity index (χ4v) is 1.63. The molecule has 0 spiro atoms. The van der Waals surface area contributed by atoms with Crippen LogP contribution in [-0.4, -0.2) is 15.3 Å². The van der Waals surface area contributed by atoms with Gasteiger partial charge in [-0.15, -0.1) is 10.2 Å². The Kier molecular flexibility index (Phi) is 2.86. The van der Waals surface area contributed by atoms with E-state index in [-0.39, 0.29) is 5.75 Å². The quantitative estimate of drug-likeness (QED) is 0.777. The van der Waals surface area contributed by atoms with Gasteiger partial charge in [-0.25, -0.2) is 0 Å². The van der Waals surface area contributed by atoms with Gasteiger partial charge in [-0.3, -0.25) is 0 Å². The van der Waals surface area contributed by atoms with E-state index in [1.165, 1.54) is 6.39 Å². The summed E-state index contributed by atoms with van der Waals surface area (Å²) in [7, 11) is 0. The number of para-hydroxylation sites is 2. The fraction of sp³-hybridized carbons (Fsp3) is 0. The summed E-state index contributed by atoms with van der Waals surface area (Å²) in [5.41, 5.74) is 0.808. The molecule has 5 heteroatoms. The lowest BCUT2D eigenvalue weighted by molar-refractivity contribution is 0.411. The molecule has 1 heterocycles. The monoisotopic (exact) mass is 254 g/mol. The Morgan fingerprint density at radius 3 is 2.47 bits per heavy atom. The van der Waals surface area contributed by atoms with Crippen molar-refractivity contribution in [3.63, 3.8) is 0 Å². The number of phenols is 1. The highest BCUT2D eigenvalue weighted by Gasteiger charge is 2.05. The highest BCUT2D eigenvalue weighted by Crippen LogP contribution is 2.30. The third-order valence-corrected chi connectivity index (χ3v) is 2.55. The largest absolute Gasteiger partial charge is 0.504 e. The van der Waals surface area contributed by atoms with Crippen molar-refractivity contribution in [1.82, 2.24) is 10.2 Å². The molecular formula is C14H10N2O3. The molecule has 0 amide bonds. The summed E-state index contributed by atoms with van der Waals surface area (Å²) in [6, 6.07) is 14.0. The van der Waals surface area contributed by atoms with Crippen LogP contribution in [0.2, 0.25) is 0 Å². The summed E-state index contributed by atoms with van der Waals surface area (Å²) in [5.74, 6) is 1.58. The molecule has 1 N–H and O–H groups in total. The zero-order valence-corrected chi connectivity index (χ0v) is 9.85. The van der Waals surface area contributed by atoms with E-state index >= 15 is 0 Å². The average molecular weight is 254 g/mol. The summed E-state index contributed by atoms with van der Waals surface area (Å²) in [5, 5.41) is 17.1. The van der Waals surface area contributed by atoms with E-state index in [0.717, 1.165) is 5.56 Å². The topological polar surface area (TPSA) is 68.4 Å². The van der Waals surface area contributed by atoms with Gasteiger partial charge in [-0.1, -0.05) is 12.1 Å². The lowest BCUT2D eigenvalue weighted by atomic mass is 10.2. The van der Waals surface area contributed by atoms with Gasteiger partial charge in [0.05, 0.1) is 0 Å². The van der Waals surface area contributed by atoms with Gasteiger partial charge in [0.2, 0.25) is 12.3 Å². The fourth-order valence-electron chi connectivity index (χ4n) is 1.63. The maximum Gasteiger partial charge on any atom is 0.247 e. The molecule has 19 heavy (non-hydrogen) atoms. The number of aromatic hydroxyl groups is 1.